The van der Waals surface area contributed by atoms with E-state index < -0.39 is 41.2 Å². The summed E-state index contributed by atoms with van der Waals surface area (Å²) in [6, 6.07) is 4.53. The number of hydrogen-bond acceptors (Lipinski definition) is 7. The zero-order valence-corrected chi connectivity index (χ0v) is 16.9. The molecule has 4 rings (SSSR count). The maximum absolute atomic E-state index is 13.1. The van der Waals surface area contributed by atoms with Gasteiger partial charge < -0.3 is 24.4 Å². The Balaban J connectivity index is 1.53. The first-order valence-electron chi connectivity index (χ1n) is 10.1. The number of non-ortho nitro benzene ring substituents is 1. The highest BCUT2D eigenvalue weighted by molar-refractivity contribution is 5.95. The van der Waals surface area contributed by atoms with Gasteiger partial charge in [-0.25, -0.2) is 0 Å². The van der Waals surface area contributed by atoms with Crippen LogP contribution in [0.5, 0.6) is 0 Å². The van der Waals surface area contributed by atoms with Crippen LogP contribution in [0.2, 0.25) is 0 Å². The maximum atomic E-state index is 13.1. The van der Waals surface area contributed by atoms with Crippen LogP contribution in [0.1, 0.15) is 43.5 Å². The Hall–Kier alpha value is -2.56. The molecule has 3 saturated heterocycles. The predicted molar refractivity (Wildman–Crippen MR) is 103 cm³/mol. The summed E-state index contributed by atoms with van der Waals surface area (Å²) in [6.07, 6.45) is 0.635. The van der Waals surface area contributed by atoms with E-state index in [1.807, 2.05) is 0 Å². The number of nitro benzene ring substituents is 1. The monoisotopic (exact) mass is 419 g/mol. The van der Waals surface area contributed by atoms with Crippen LogP contribution < -0.4 is 5.32 Å². The number of rotatable bonds is 4. The van der Waals surface area contributed by atoms with Crippen molar-refractivity contribution in [1.29, 1.82) is 0 Å². The molecule has 3 heterocycles. The number of amides is 2. The number of likely N-dealkylation sites (tertiary alicyclic amines) is 1. The van der Waals surface area contributed by atoms with Crippen LogP contribution in [0, 0.1) is 10.1 Å². The van der Waals surface area contributed by atoms with Gasteiger partial charge in [-0.2, -0.15) is 0 Å². The number of benzene rings is 1. The molecule has 0 bridgehead atoms. The molecule has 1 N–H and O–H groups in total. The van der Waals surface area contributed by atoms with Crippen LogP contribution in [0.3, 0.4) is 0 Å². The SMILES string of the molecule is CC1(C)OC2O[C@H](C(=O)N3CCCCC3)[C@@H](NC(=O)c3ccc([N+](=O)[O-])cc3)[C@H]2O1. The van der Waals surface area contributed by atoms with Gasteiger partial charge in [-0.15, -0.1) is 0 Å². The van der Waals surface area contributed by atoms with E-state index in [4.69, 9.17) is 14.2 Å². The summed E-state index contributed by atoms with van der Waals surface area (Å²) in [5.41, 5.74) is 0.134. The number of carbonyl (C=O) groups is 2. The number of piperidine rings is 1. The van der Waals surface area contributed by atoms with Crippen LogP contribution in [-0.2, 0) is 19.0 Å². The molecule has 10 heteroatoms. The van der Waals surface area contributed by atoms with Crippen molar-refractivity contribution in [3.8, 4) is 0 Å². The summed E-state index contributed by atoms with van der Waals surface area (Å²) in [6.45, 7) is 4.80. The van der Waals surface area contributed by atoms with Crippen LogP contribution >= 0.6 is 0 Å². The van der Waals surface area contributed by atoms with Gasteiger partial charge in [-0.1, -0.05) is 0 Å². The largest absolute Gasteiger partial charge is 0.343 e. The van der Waals surface area contributed by atoms with E-state index in [9.17, 15) is 19.7 Å². The molecular weight excluding hydrogens is 394 g/mol. The molecule has 0 aromatic heterocycles. The summed E-state index contributed by atoms with van der Waals surface area (Å²) in [4.78, 5) is 38.0. The number of ether oxygens (including phenoxy) is 3. The van der Waals surface area contributed by atoms with Crippen molar-refractivity contribution < 1.29 is 28.7 Å². The first-order chi connectivity index (χ1) is 14.2. The highest BCUT2D eigenvalue weighted by Crippen LogP contribution is 2.38. The first-order valence-corrected chi connectivity index (χ1v) is 10.1. The molecule has 4 atom stereocenters. The average molecular weight is 419 g/mol. The van der Waals surface area contributed by atoms with Crippen LogP contribution in [0.25, 0.3) is 0 Å². The number of nitrogens with zero attached hydrogens (tertiary/aromatic N) is 2. The predicted octanol–water partition coefficient (Wildman–Crippen LogP) is 1.58. The van der Waals surface area contributed by atoms with Crippen molar-refractivity contribution in [2.45, 2.75) is 63.4 Å². The smallest absolute Gasteiger partial charge is 0.269 e. The van der Waals surface area contributed by atoms with Gasteiger partial charge in [0.15, 0.2) is 18.2 Å². The third kappa shape index (κ3) is 4.03. The van der Waals surface area contributed by atoms with Crippen molar-refractivity contribution >= 4 is 17.5 Å². The van der Waals surface area contributed by atoms with Crippen LogP contribution in [0.4, 0.5) is 5.69 Å². The Morgan fingerprint density at radius 2 is 1.80 bits per heavy atom. The number of nitrogens with one attached hydrogen (secondary N) is 1. The molecule has 0 radical (unpaired) electrons. The molecule has 1 aromatic carbocycles. The lowest BCUT2D eigenvalue weighted by atomic mass is 10.0. The molecule has 1 unspecified atom stereocenters. The van der Waals surface area contributed by atoms with E-state index in [0.717, 1.165) is 19.3 Å². The number of carbonyl (C=O) groups excluding carboxylic acids is 2. The van der Waals surface area contributed by atoms with Crippen molar-refractivity contribution in [3.05, 3.63) is 39.9 Å². The highest BCUT2D eigenvalue weighted by Gasteiger charge is 2.57. The number of nitro groups is 1. The van der Waals surface area contributed by atoms with Gasteiger partial charge in [0, 0.05) is 30.8 Å². The number of hydrogen-bond donors (Lipinski definition) is 1. The van der Waals surface area contributed by atoms with Gasteiger partial charge in [0.25, 0.3) is 17.5 Å². The fourth-order valence-electron chi connectivity index (χ4n) is 4.14. The van der Waals surface area contributed by atoms with E-state index >= 15 is 0 Å². The summed E-state index contributed by atoms with van der Waals surface area (Å²) >= 11 is 0. The van der Waals surface area contributed by atoms with Crippen LogP contribution in [0.15, 0.2) is 24.3 Å². The van der Waals surface area contributed by atoms with Crippen molar-refractivity contribution in [1.82, 2.24) is 10.2 Å². The van der Waals surface area contributed by atoms with E-state index in [-0.39, 0.29) is 17.2 Å². The first kappa shape index (κ1) is 20.7. The molecular formula is C20H25N3O7. The van der Waals surface area contributed by atoms with Gasteiger partial charge in [0.05, 0.1) is 11.0 Å². The van der Waals surface area contributed by atoms with Gasteiger partial charge in [0.2, 0.25) is 0 Å². The van der Waals surface area contributed by atoms with Crippen LogP contribution in [-0.4, -0.2) is 65.1 Å². The topological polar surface area (TPSA) is 120 Å². The minimum atomic E-state index is -0.920. The lowest BCUT2D eigenvalue weighted by molar-refractivity contribution is -0.384. The van der Waals surface area contributed by atoms with Gasteiger partial charge in [0.1, 0.15) is 6.10 Å². The van der Waals surface area contributed by atoms with Gasteiger partial charge in [-0.05, 0) is 45.2 Å². The fourth-order valence-corrected chi connectivity index (χ4v) is 4.14. The molecule has 3 fully saturated rings. The minimum Gasteiger partial charge on any atom is -0.343 e. The molecule has 1 aromatic rings. The molecule has 162 valence electrons. The molecule has 0 saturated carbocycles. The Labute approximate surface area is 173 Å². The zero-order valence-electron chi connectivity index (χ0n) is 16.9. The molecule has 0 aliphatic carbocycles. The second-order valence-electron chi connectivity index (χ2n) is 8.21. The third-order valence-corrected chi connectivity index (χ3v) is 5.60. The van der Waals surface area contributed by atoms with Crippen molar-refractivity contribution in [2.24, 2.45) is 0 Å². The second kappa shape index (κ2) is 7.93. The van der Waals surface area contributed by atoms with E-state index in [1.165, 1.54) is 24.3 Å². The summed E-state index contributed by atoms with van der Waals surface area (Å²) in [5.74, 6) is -1.56. The zero-order chi connectivity index (χ0) is 21.5. The third-order valence-electron chi connectivity index (χ3n) is 5.60. The van der Waals surface area contributed by atoms with Gasteiger partial charge >= 0.3 is 0 Å². The lowest BCUT2D eigenvalue weighted by Gasteiger charge is -2.32. The number of fused-ring (bicyclic) bond motifs is 1. The quantitative estimate of drug-likeness (QED) is 0.581. The summed E-state index contributed by atoms with van der Waals surface area (Å²) in [7, 11) is 0. The lowest BCUT2D eigenvalue weighted by Crippen LogP contribution is -2.54. The highest BCUT2D eigenvalue weighted by atomic mass is 16.8. The van der Waals surface area contributed by atoms with E-state index in [0.29, 0.717) is 13.1 Å². The normalized spacial score (nSPS) is 30.0. The Morgan fingerprint density at radius 3 is 2.43 bits per heavy atom. The maximum Gasteiger partial charge on any atom is 0.269 e. The Kier molecular flexibility index (Phi) is 5.48. The summed E-state index contributed by atoms with van der Waals surface area (Å²) < 4.78 is 17.6. The molecule has 3 aliphatic rings. The van der Waals surface area contributed by atoms with Gasteiger partial charge in [-0.3, -0.25) is 19.7 Å². The van der Waals surface area contributed by atoms with E-state index in [2.05, 4.69) is 5.32 Å². The molecule has 30 heavy (non-hydrogen) atoms. The second-order valence-corrected chi connectivity index (χ2v) is 8.21. The molecule has 10 nitrogen and oxygen atoms in total. The van der Waals surface area contributed by atoms with Crippen molar-refractivity contribution in [3.63, 3.8) is 0 Å². The Bertz CT molecular complexity index is 835. The fraction of sp³-hybridized carbons (Fsp3) is 0.600. The van der Waals surface area contributed by atoms with Crippen molar-refractivity contribution in [2.75, 3.05) is 13.1 Å². The average Bonchev–Trinajstić information content (AvgIpc) is 3.20. The molecule has 3 aliphatic heterocycles. The van der Waals surface area contributed by atoms with E-state index in [1.54, 1.807) is 18.7 Å². The minimum absolute atomic E-state index is 0.108. The molecule has 0 spiro atoms. The molecule has 2 amide bonds. The Morgan fingerprint density at radius 1 is 1.13 bits per heavy atom. The standard InChI is InChI=1S/C20H25N3O7/c1-20(2)29-16-14(21-17(24)12-6-8-13(9-7-12)23(26)27)15(28-19(16)30-20)18(25)22-10-4-3-5-11-22/h6-9,14-16,19H,3-5,10-11H2,1-2H3,(H,21,24)/t14-,15+,16-,19?/m1/s1. The summed E-state index contributed by atoms with van der Waals surface area (Å²) in [5, 5.41) is 13.7.